The van der Waals surface area contributed by atoms with Gasteiger partial charge in [0.05, 0.1) is 43.6 Å². The van der Waals surface area contributed by atoms with Crippen molar-refractivity contribution in [2.24, 2.45) is 0 Å². The molecule has 0 saturated heterocycles. The summed E-state index contributed by atoms with van der Waals surface area (Å²) in [6.07, 6.45) is -3.02. The summed E-state index contributed by atoms with van der Waals surface area (Å²) >= 11 is 0. The number of ether oxygens (including phenoxy) is 2. The summed E-state index contributed by atoms with van der Waals surface area (Å²) in [4.78, 5) is 23.3. The van der Waals surface area contributed by atoms with Crippen molar-refractivity contribution >= 4 is 22.8 Å². The van der Waals surface area contributed by atoms with Gasteiger partial charge in [-0.2, -0.15) is 13.2 Å². The predicted molar refractivity (Wildman–Crippen MR) is 108 cm³/mol. The summed E-state index contributed by atoms with van der Waals surface area (Å²) < 4.78 is 50.2. The number of rotatable bonds is 2. The molecule has 1 amide bonds. The molecule has 0 aliphatic carbocycles. The lowest BCUT2D eigenvalue weighted by Gasteiger charge is -2.33. The minimum Gasteiger partial charge on any atom is -0.383 e. The lowest BCUT2D eigenvalue weighted by molar-refractivity contribution is -0.137. The number of likely N-dealkylation sites (N-methyl/N-ethyl adjacent to an activating group) is 1. The van der Waals surface area contributed by atoms with Crippen molar-refractivity contribution in [2.75, 3.05) is 19.4 Å². The maximum atomic E-state index is 13.3. The zero-order chi connectivity index (χ0) is 22.6. The first-order valence-corrected chi connectivity index (χ1v) is 9.93. The normalized spacial score (nSPS) is 17.8. The Morgan fingerprint density at radius 2 is 1.94 bits per heavy atom. The molecule has 166 valence electrons. The van der Waals surface area contributed by atoms with Gasteiger partial charge in [-0.3, -0.25) is 4.79 Å². The summed E-state index contributed by atoms with van der Waals surface area (Å²) in [5, 5.41) is 0.695. The lowest BCUT2D eigenvalue weighted by Crippen LogP contribution is -2.36. The molecular weight excluding hydrogens is 425 g/mol. The van der Waals surface area contributed by atoms with E-state index in [0.29, 0.717) is 46.8 Å². The van der Waals surface area contributed by atoms with Crippen LogP contribution in [0.5, 0.6) is 0 Å². The van der Waals surface area contributed by atoms with Gasteiger partial charge in [0.25, 0.3) is 5.91 Å². The van der Waals surface area contributed by atoms with Crippen molar-refractivity contribution in [3.63, 3.8) is 0 Å². The monoisotopic (exact) mass is 444 g/mol. The first-order chi connectivity index (χ1) is 15.2. The zero-order valence-corrected chi connectivity index (χ0v) is 17.1. The number of nitrogens with two attached hydrogens (primary N) is 1. The van der Waals surface area contributed by atoms with Gasteiger partial charge in [0.15, 0.2) is 5.65 Å². The van der Waals surface area contributed by atoms with Crippen molar-refractivity contribution < 1.29 is 27.4 Å². The van der Waals surface area contributed by atoms with E-state index in [4.69, 9.17) is 15.2 Å². The number of alkyl halides is 3. The Morgan fingerprint density at radius 3 is 2.72 bits per heavy atom. The highest BCUT2D eigenvalue weighted by molar-refractivity contribution is 5.98. The number of benzene rings is 1. The van der Waals surface area contributed by atoms with Crippen LogP contribution in [0.4, 0.5) is 19.0 Å². The molecule has 1 aromatic carbocycles. The first kappa shape index (κ1) is 20.7. The standard InChI is InChI=1S/C22H19F3N4O3/c1-29(18-10-31-7-12-4-13(22(23,24)25)2-3-14(12)18)21(30)11-5-15-16-8-32-9-17(16)19(26)28-20(15)27-6-11/h2-6,18H,7-10H2,1H3,(H2,26,27,28)/t18-/m1/s1. The van der Waals surface area contributed by atoms with Crippen LogP contribution in [0.3, 0.4) is 0 Å². The quantitative estimate of drug-likeness (QED) is 0.650. The molecule has 32 heavy (non-hydrogen) atoms. The largest absolute Gasteiger partial charge is 0.416 e. The van der Waals surface area contributed by atoms with E-state index in [-0.39, 0.29) is 19.1 Å². The average molecular weight is 444 g/mol. The lowest BCUT2D eigenvalue weighted by atomic mass is 9.95. The van der Waals surface area contributed by atoms with Gasteiger partial charge in [-0.1, -0.05) is 6.07 Å². The van der Waals surface area contributed by atoms with Crippen LogP contribution in [-0.2, 0) is 35.5 Å². The minimum absolute atomic E-state index is 0.0640. The number of hydrogen-bond donors (Lipinski definition) is 1. The zero-order valence-electron chi connectivity index (χ0n) is 17.1. The van der Waals surface area contributed by atoms with Gasteiger partial charge in [-0.15, -0.1) is 0 Å². The Hall–Kier alpha value is -3.24. The van der Waals surface area contributed by atoms with Gasteiger partial charge < -0.3 is 20.1 Å². The van der Waals surface area contributed by atoms with Crippen LogP contribution in [0.25, 0.3) is 11.0 Å². The maximum Gasteiger partial charge on any atom is 0.416 e. The number of fused-ring (bicyclic) bond motifs is 4. The number of amides is 1. The van der Waals surface area contributed by atoms with Gasteiger partial charge in [-0.25, -0.2) is 9.97 Å². The number of nitrogens with zero attached hydrogens (tertiary/aromatic N) is 3. The third-order valence-electron chi connectivity index (χ3n) is 5.98. The molecule has 1 atom stereocenters. The molecular formula is C22H19F3N4O3. The highest BCUT2D eigenvalue weighted by Crippen LogP contribution is 2.36. The van der Waals surface area contributed by atoms with E-state index in [2.05, 4.69) is 9.97 Å². The van der Waals surface area contributed by atoms with Crippen molar-refractivity contribution in [1.82, 2.24) is 14.9 Å². The van der Waals surface area contributed by atoms with Crippen LogP contribution < -0.4 is 5.73 Å². The van der Waals surface area contributed by atoms with E-state index in [0.717, 1.165) is 23.3 Å². The molecule has 2 aromatic heterocycles. The SMILES string of the molecule is CN(C(=O)c1cnc2nc(N)c3c(c2c1)COC3)[C@@H]1COCc2cc(C(F)(F)F)ccc21. The van der Waals surface area contributed by atoms with Crippen LogP contribution in [0, 0.1) is 0 Å². The summed E-state index contributed by atoms with van der Waals surface area (Å²) in [5.41, 5.74) is 8.71. The van der Waals surface area contributed by atoms with Crippen molar-refractivity contribution in [3.05, 3.63) is 63.8 Å². The highest BCUT2D eigenvalue weighted by Gasteiger charge is 2.34. The van der Waals surface area contributed by atoms with Gasteiger partial charge in [0, 0.05) is 24.2 Å². The molecule has 0 saturated carbocycles. The second-order valence-corrected chi connectivity index (χ2v) is 7.90. The number of carbonyl (C=O) groups excluding carboxylic acids is 1. The molecule has 0 radical (unpaired) electrons. The van der Waals surface area contributed by atoms with E-state index in [9.17, 15) is 18.0 Å². The van der Waals surface area contributed by atoms with Gasteiger partial charge >= 0.3 is 6.18 Å². The molecule has 5 rings (SSSR count). The van der Waals surface area contributed by atoms with Gasteiger partial charge in [0.1, 0.15) is 5.82 Å². The number of anilines is 1. The van der Waals surface area contributed by atoms with Crippen molar-refractivity contribution in [2.45, 2.75) is 32.0 Å². The smallest absolute Gasteiger partial charge is 0.383 e. The summed E-state index contributed by atoms with van der Waals surface area (Å²) in [6, 6.07) is 4.72. The number of carbonyl (C=O) groups is 1. The predicted octanol–water partition coefficient (Wildman–Crippen LogP) is 3.60. The average Bonchev–Trinajstić information content (AvgIpc) is 3.28. The summed E-state index contributed by atoms with van der Waals surface area (Å²) in [7, 11) is 1.60. The second-order valence-electron chi connectivity index (χ2n) is 7.90. The van der Waals surface area contributed by atoms with E-state index >= 15 is 0 Å². The number of pyridine rings is 2. The molecule has 3 aromatic rings. The van der Waals surface area contributed by atoms with E-state index in [1.807, 2.05) is 0 Å². The Bertz CT molecular complexity index is 1250. The number of hydrogen-bond acceptors (Lipinski definition) is 6. The Balaban J connectivity index is 1.48. The third kappa shape index (κ3) is 3.35. The topological polar surface area (TPSA) is 90.6 Å². The molecule has 4 heterocycles. The van der Waals surface area contributed by atoms with Gasteiger partial charge in [-0.05, 0) is 34.9 Å². The first-order valence-electron chi connectivity index (χ1n) is 9.93. The summed E-state index contributed by atoms with van der Waals surface area (Å²) in [6.45, 7) is 0.967. The van der Waals surface area contributed by atoms with Crippen LogP contribution >= 0.6 is 0 Å². The summed E-state index contributed by atoms with van der Waals surface area (Å²) in [5.74, 6) is 0.0353. The second kappa shape index (κ2) is 7.42. The molecule has 0 unspecified atom stereocenters. The Kier molecular flexibility index (Phi) is 4.79. The fraction of sp³-hybridized carbons (Fsp3) is 0.318. The van der Waals surface area contributed by atoms with Crippen molar-refractivity contribution in [3.8, 4) is 0 Å². The van der Waals surface area contributed by atoms with Crippen LogP contribution in [0.1, 0.15) is 44.2 Å². The van der Waals surface area contributed by atoms with E-state index in [1.165, 1.54) is 17.2 Å². The van der Waals surface area contributed by atoms with Crippen LogP contribution in [-0.4, -0.2) is 34.4 Å². The van der Waals surface area contributed by atoms with Crippen molar-refractivity contribution in [1.29, 1.82) is 0 Å². The molecule has 2 N–H and O–H groups in total. The molecule has 0 fully saturated rings. The molecule has 2 aliphatic heterocycles. The van der Waals surface area contributed by atoms with E-state index in [1.54, 1.807) is 13.1 Å². The molecule has 10 heteroatoms. The Labute approximate surface area is 181 Å². The number of nitrogen functional groups attached to an aromatic ring is 1. The fourth-order valence-corrected chi connectivity index (χ4v) is 4.23. The molecule has 0 spiro atoms. The third-order valence-corrected chi connectivity index (χ3v) is 5.98. The van der Waals surface area contributed by atoms with Gasteiger partial charge in [0.2, 0.25) is 0 Å². The molecule has 7 nitrogen and oxygen atoms in total. The number of halogens is 3. The van der Waals surface area contributed by atoms with Crippen LogP contribution in [0.2, 0.25) is 0 Å². The molecule has 2 aliphatic rings. The van der Waals surface area contributed by atoms with Crippen LogP contribution in [0.15, 0.2) is 30.5 Å². The van der Waals surface area contributed by atoms with E-state index < -0.39 is 17.8 Å². The maximum absolute atomic E-state index is 13.3. The fourth-order valence-electron chi connectivity index (χ4n) is 4.23. The number of aromatic nitrogens is 2. The Morgan fingerprint density at radius 1 is 1.16 bits per heavy atom. The highest BCUT2D eigenvalue weighted by atomic mass is 19.4. The molecule has 0 bridgehead atoms. The minimum atomic E-state index is -4.44.